The molecule has 2 rings (SSSR count). The number of benzene rings is 1. The smallest absolute Gasteiger partial charge is 0.172 e. The summed E-state index contributed by atoms with van der Waals surface area (Å²) in [5.74, 6) is 0.551. The number of methoxy groups -OCH3 is 2. The number of halogens is 1. The highest BCUT2D eigenvalue weighted by molar-refractivity contribution is 5.69. The summed E-state index contributed by atoms with van der Waals surface area (Å²) < 4.78 is 28.5. The molecule has 0 atom stereocenters. The first-order valence-electron chi connectivity index (χ1n) is 4.79. The van der Waals surface area contributed by atoms with Crippen LogP contribution in [0, 0.1) is 5.82 Å². The summed E-state index contributed by atoms with van der Waals surface area (Å²) in [5, 5.41) is 3.53. The Labute approximate surface area is 96.9 Å². The van der Waals surface area contributed by atoms with Crippen molar-refractivity contribution in [1.29, 1.82) is 0 Å². The third-order valence-electron chi connectivity index (χ3n) is 2.27. The van der Waals surface area contributed by atoms with E-state index in [1.807, 2.05) is 0 Å². The third-order valence-corrected chi connectivity index (χ3v) is 2.27. The van der Waals surface area contributed by atoms with Crippen LogP contribution in [0.3, 0.4) is 0 Å². The van der Waals surface area contributed by atoms with Crippen LogP contribution in [-0.4, -0.2) is 19.4 Å². The van der Waals surface area contributed by atoms with E-state index in [4.69, 9.17) is 19.7 Å². The van der Waals surface area contributed by atoms with Gasteiger partial charge in [0, 0.05) is 12.1 Å². The monoisotopic (exact) mass is 238 g/mol. The van der Waals surface area contributed by atoms with E-state index >= 15 is 0 Å². The second-order valence-corrected chi connectivity index (χ2v) is 3.30. The van der Waals surface area contributed by atoms with Gasteiger partial charge in [0.05, 0.1) is 19.8 Å². The van der Waals surface area contributed by atoms with Crippen molar-refractivity contribution < 1.29 is 18.4 Å². The third kappa shape index (κ3) is 2.01. The number of nitrogen functional groups attached to an aromatic ring is 1. The lowest BCUT2D eigenvalue weighted by molar-refractivity contribution is 0.372. The van der Waals surface area contributed by atoms with Crippen molar-refractivity contribution in [3.63, 3.8) is 0 Å². The van der Waals surface area contributed by atoms with Crippen molar-refractivity contribution in [2.24, 2.45) is 0 Å². The standard InChI is InChI=1S/C11H11FN2O3/c1-15-8-4-10(16-2)7(12)3-6(8)9-5-11(13)14-17-9/h3-5H,1-2H3,(H2,13,14). The molecule has 1 heterocycles. The second kappa shape index (κ2) is 4.32. The van der Waals surface area contributed by atoms with E-state index in [1.165, 1.54) is 32.4 Å². The minimum Gasteiger partial charge on any atom is -0.496 e. The molecule has 0 radical (unpaired) electrons. The fraction of sp³-hybridized carbons (Fsp3) is 0.182. The van der Waals surface area contributed by atoms with Gasteiger partial charge in [0.1, 0.15) is 5.75 Å². The molecule has 0 saturated heterocycles. The molecule has 17 heavy (non-hydrogen) atoms. The molecule has 5 nitrogen and oxygen atoms in total. The zero-order valence-corrected chi connectivity index (χ0v) is 9.36. The average molecular weight is 238 g/mol. The van der Waals surface area contributed by atoms with Gasteiger partial charge in [-0.1, -0.05) is 5.16 Å². The van der Waals surface area contributed by atoms with Gasteiger partial charge >= 0.3 is 0 Å². The molecule has 0 spiro atoms. The SMILES string of the molecule is COc1cc(OC)c(-c2cc(N)no2)cc1F. The summed E-state index contributed by atoms with van der Waals surface area (Å²) in [7, 11) is 2.85. The molecule has 0 unspecified atom stereocenters. The maximum Gasteiger partial charge on any atom is 0.172 e. The Bertz CT molecular complexity index is 540. The fourth-order valence-corrected chi connectivity index (χ4v) is 1.47. The van der Waals surface area contributed by atoms with E-state index in [0.29, 0.717) is 17.1 Å². The van der Waals surface area contributed by atoms with Crippen molar-refractivity contribution in [2.45, 2.75) is 0 Å². The normalized spacial score (nSPS) is 10.3. The van der Waals surface area contributed by atoms with Crippen LogP contribution < -0.4 is 15.2 Å². The summed E-state index contributed by atoms with van der Waals surface area (Å²) in [6, 6.07) is 4.17. The molecular weight excluding hydrogens is 227 g/mol. The summed E-state index contributed by atoms with van der Waals surface area (Å²) in [4.78, 5) is 0. The van der Waals surface area contributed by atoms with E-state index in [0.717, 1.165) is 0 Å². The van der Waals surface area contributed by atoms with Gasteiger partial charge in [0.15, 0.2) is 23.1 Å². The Hall–Kier alpha value is -2.24. The van der Waals surface area contributed by atoms with Gasteiger partial charge in [-0.25, -0.2) is 4.39 Å². The molecule has 6 heteroatoms. The molecule has 2 aromatic rings. The van der Waals surface area contributed by atoms with Crippen molar-refractivity contribution in [3.05, 3.63) is 24.0 Å². The first-order chi connectivity index (χ1) is 8.15. The van der Waals surface area contributed by atoms with Gasteiger partial charge in [-0.15, -0.1) is 0 Å². The fourth-order valence-electron chi connectivity index (χ4n) is 1.47. The van der Waals surface area contributed by atoms with E-state index in [1.54, 1.807) is 0 Å². The second-order valence-electron chi connectivity index (χ2n) is 3.30. The number of nitrogens with two attached hydrogens (primary N) is 1. The molecule has 0 amide bonds. The number of ether oxygens (including phenoxy) is 2. The highest BCUT2D eigenvalue weighted by Crippen LogP contribution is 2.35. The highest BCUT2D eigenvalue weighted by atomic mass is 19.1. The van der Waals surface area contributed by atoms with E-state index in [-0.39, 0.29) is 11.6 Å². The molecule has 2 N–H and O–H groups in total. The molecule has 0 bridgehead atoms. The van der Waals surface area contributed by atoms with Crippen LogP contribution in [0.25, 0.3) is 11.3 Å². The number of hydrogen-bond acceptors (Lipinski definition) is 5. The molecule has 0 saturated carbocycles. The van der Waals surface area contributed by atoms with Crippen molar-refractivity contribution >= 4 is 5.82 Å². The summed E-state index contributed by atoms with van der Waals surface area (Å²) in [6.45, 7) is 0. The predicted molar refractivity (Wildman–Crippen MR) is 59.4 cm³/mol. The summed E-state index contributed by atoms with van der Waals surface area (Å²) in [5.41, 5.74) is 5.86. The first kappa shape index (κ1) is 11.3. The number of aromatic nitrogens is 1. The lowest BCUT2D eigenvalue weighted by atomic mass is 10.1. The first-order valence-corrected chi connectivity index (χ1v) is 4.79. The lowest BCUT2D eigenvalue weighted by Crippen LogP contribution is -1.93. The molecule has 1 aromatic heterocycles. The largest absolute Gasteiger partial charge is 0.496 e. The van der Waals surface area contributed by atoms with Gasteiger partial charge in [0.2, 0.25) is 0 Å². The molecule has 0 aliphatic carbocycles. The van der Waals surface area contributed by atoms with Gasteiger partial charge in [-0.2, -0.15) is 0 Å². The molecule has 90 valence electrons. The quantitative estimate of drug-likeness (QED) is 0.886. The molecular formula is C11H11FN2O3. The van der Waals surface area contributed by atoms with Gasteiger partial charge < -0.3 is 19.7 Å². The van der Waals surface area contributed by atoms with Crippen LogP contribution in [0.5, 0.6) is 11.5 Å². The number of hydrogen-bond donors (Lipinski definition) is 1. The van der Waals surface area contributed by atoms with Crippen molar-refractivity contribution in [2.75, 3.05) is 20.0 Å². The summed E-state index contributed by atoms with van der Waals surface area (Å²) in [6.07, 6.45) is 0. The van der Waals surface area contributed by atoms with Gasteiger partial charge in [-0.05, 0) is 6.07 Å². The number of anilines is 1. The van der Waals surface area contributed by atoms with E-state index < -0.39 is 5.82 Å². The van der Waals surface area contributed by atoms with E-state index in [9.17, 15) is 4.39 Å². The minimum atomic E-state index is -0.515. The van der Waals surface area contributed by atoms with Crippen LogP contribution in [0.2, 0.25) is 0 Å². The van der Waals surface area contributed by atoms with Crippen LogP contribution >= 0.6 is 0 Å². The van der Waals surface area contributed by atoms with Gasteiger partial charge in [0.25, 0.3) is 0 Å². The van der Waals surface area contributed by atoms with Crippen LogP contribution in [0.4, 0.5) is 10.2 Å². The molecule has 0 aliphatic heterocycles. The maximum absolute atomic E-state index is 13.6. The highest BCUT2D eigenvalue weighted by Gasteiger charge is 2.15. The zero-order valence-electron chi connectivity index (χ0n) is 9.36. The Balaban J connectivity index is 2.57. The van der Waals surface area contributed by atoms with E-state index in [2.05, 4.69) is 5.16 Å². The topological polar surface area (TPSA) is 70.5 Å². The Kier molecular flexibility index (Phi) is 2.86. The Morgan fingerprint density at radius 1 is 1.18 bits per heavy atom. The number of nitrogens with zero attached hydrogens (tertiary/aromatic N) is 1. The minimum absolute atomic E-state index is 0.0955. The summed E-state index contributed by atoms with van der Waals surface area (Å²) >= 11 is 0. The van der Waals surface area contributed by atoms with Gasteiger partial charge in [-0.3, -0.25) is 0 Å². The van der Waals surface area contributed by atoms with Crippen molar-refractivity contribution in [1.82, 2.24) is 5.16 Å². The average Bonchev–Trinajstić information content (AvgIpc) is 2.75. The Morgan fingerprint density at radius 3 is 2.41 bits per heavy atom. The number of rotatable bonds is 3. The van der Waals surface area contributed by atoms with Crippen LogP contribution in [0.15, 0.2) is 22.7 Å². The lowest BCUT2D eigenvalue weighted by Gasteiger charge is -2.08. The molecule has 1 aromatic carbocycles. The Morgan fingerprint density at radius 2 is 1.88 bits per heavy atom. The molecule has 0 aliphatic rings. The van der Waals surface area contributed by atoms with Crippen LogP contribution in [-0.2, 0) is 0 Å². The van der Waals surface area contributed by atoms with Crippen LogP contribution in [0.1, 0.15) is 0 Å². The zero-order chi connectivity index (χ0) is 12.4. The maximum atomic E-state index is 13.6. The predicted octanol–water partition coefficient (Wildman–Crippen LogP) is 2.08. The van der Waals surface area contributed by atoms with Crippen molar-refractivity contribution in [3.8, 4) is 22.8 Å². The molecule has 0 fully saturated rings.